The summed E-state index contributed by atoms with van der Waals surface area (Å²) in [6.45, 7) is 2.20. The molecule has 0 atom stereocenters. The standard InChI is InChI=1S/C29H29N/c1-19-7-9-25-26-10-8-23(29-16-20-12-21(17-29)14-22(13-20)18-29)15-28(26)30(27(25)11-19)24-5-3-2-4-6-24/h2-11,15,20-22H,12-14,16-18H2,1H3. The first-order valence-corrected chi connectivity index (χ1v) is 11.8. The molecular weight excluding hydrogens is 362 g/mol. The van der Waals surface area contributed by atoms with Gasteiger partial charge in [0.2, 0.25) is 0 Å². The Morgan fingerprint density at radius 2 is 1.30 bits per heavy atom. The Bertz CT molecular complexity index is 1240. The second-order valence-corrected chi connectivity index (χ2v) is 10.6. The van der Waals surface area contributed by atoms with Crippen molar-refractivity contribution in [1.82, 2.24) is 4.57 Å². The summed E-state index contributed by atoms with van der Waals surface area (Å²) in [5.74, 6) is 2.94. The number of benzene rings is 3. The molecule has 0 amide bonds. The molecule has 0 spiro atoms. The molecule has 1 nitrogen and oxygen atoms in total. The zero-order valence-corrected chi connectivity index (χ0v) is 17.8. The van der Waals surface area contributed by atoms with E-state index >= 15 is 0 Å². The Morgan fingerprint density at radius 1 is 0.700 bits per heavy atom. The van der Waals surface area contributed by atoms with Crippen LogP contribution >= 0.6 is 0 Å². The fourth-order valence-electron chi connectivity index (χ4n) is 7.78. The van der Waals surface area contributed by atoms with Crippen LogP contribution in [-0.4, -0.2) is 4.57 Å². The van der Waals surface area contributed by atoms with Crippen molar-refractivity contribution in [2.24, 2.45) is 17.8 Å². The van der Waals surface area contributed by atoms with E-state index in [0.717, 1.165) is 17.8 Å². The highest BCUT2D eigenvalue weighted by Gasteiger charge is 2.51. The molecule has 1 heterocycles. The van der Waals surface area contributed by atoms with Crippen LogP contribution in [0.15, 0.2) is 66.7 Å². The largest absolute Gasteiger partial charge is 0.309 e. The molecule has 4 aliphatic carbocycles. The zero-order valence-electron chi connectivity index (χ0n) is 17.8. The first kappa shape index (κ1) is 17.2. The van der Waals surface area contributed by atoms with E-state index in [0.29, 0.717) is 5.41 Å². The molecule has 4 saturated carbocycles. The van der Waals surface area contributed by atoms with Gasteiger partial charge in [0, 0.05) is 16.5 Å². The Morgan fingerprint density at radius 3 is 1.97 bits per heavy atom. The van der Waals surface area contributed by atoms with E-state index in [1.807, 2.05) is 0 Å². The number of fused-ring (bicyclic) bond motifs is 3. The molecule has 0 aliphatic heterocycles. The highest BCUT2D eigenvalue weighted by Crippen LogP contribution is 2.61. The molecule has 4 fully saturated rings. The minimum absolute atomic E-state index is 0.441. The third kappa shape index (κ3) is 2.35. The Labute approximate surface area is 178 Å². The van der Waals surface area contributed by atoms with Gasteiger partial charge in [0.15, 0.2) is 0 Å². The summed E-state index contributed by atoms with van der Waals surface area (Å²) in [4.78, 5) is 0. The molecule has 8 rings (SSSR count). The Hall–Kier alpha value is -2.54. The van der Waals surface area contributed by atoms with Crippen LogP contribution in [0.1, 0.15) is 49.7 Å². The van der Waals surface area contributed by atoms with Crippen LogP contribution in [0.4, 0.5) is 0 Å². The lowest BCUT2D eigenvalue weighted by Gasteiger charge is -2.57. The quantitative estimate of drug-likeness (QED) is 0.332. The number of nitrogens with zero attached hydrogens (tertiary/aromatic N) is 1. The first-order chi connectivity index (χ1) is 14.7. The van der Waals surface area contributed by atoms with Crippen LogP contribution in [0.2, 0.25) is 0 Å². The van der Waals surface area contributed by atoms with Crippen LogP contribution in [0.3, 0.4) is 0 Å². The number of para-hydroxylation sites is 1. The normalized spacial score (nSPS) is 29.8. The second-order valence-electron chi connectivity index (χ2n) is 10.6. The molecule has 4 bridgehead atoms. The van der Waals surface area contributed by atoms with Crippen molar-refractivity contribution in [2.75, 3.05) is 0 Å². The van der Waals surface area contributed by atoms with Gasteiger partial charge in [-0.05, 0) is 104 Å². The Kier molecular flexibility index (Phi) is 3.44. The summed E-state index contributed by atoms with van der Waals surface area (Å²) in [7, 11) is 0. The average molecular weight is 392 g/mol. The molecule has 4 aliphatic rings. The highest BCUT2D eigenvalue weighted by molar-refractivity contribution is 6.09. The van der Waals surface area contributed by atoms with Crippen LogP contribution in [0.5, 0.6) is 0 Å². The number of aryl methyl sites for hydroxylation is 1. The highest BCUT2D eigenvalue weighted by atomic mass is 15.0. The molecule has 3 aromatic carbocycles. The van der Waals surface area contributed by atoms with Crippen molar-refractivity contribution in [2.45, 2.75) is 50.9 Å². The summed E-state index contributed by atoms with van der Waals surface area (Å²) in [6, 6.07) is 25.3. The van der Waals surface area contributed by atoms with Crippen molar-refractivity contribution >= 4 is 21.8 Å². The third-order valence-electron chi connectivity index (χ3n) is 8.59. The third-order valence-corrected chi connectivity index (χ3v) is 8.59. The predicted octanol–water partition coefficient (Wildman–Crippen LogP) is 7.56. The van der Waals surface area contributed by atoms with Gasteiger partial charge in [-0.3, -0.25) is 0 Å². The minimum Gasteiger partial charge on any atom is -0.309 e. The second kappa shape index (κ2) is 6.00. The fourth-order valence-corrected chi connectivity index (χ4v) is 7.78. The van der Waals surface area contributed by atoms with Gasteiger partial charge in [-0.15, -0.1) is 0 Å². The lowest BCUT2D eigenvalue weighted by atomic mass is 9.48. The van der Waals surface area contributed by atoms with Gasteiger partial charge in [-0.1, -0.05) is 42.5 Å². The van der Waals surface area contributed by atoms with E-state index in [9.17, 15) is 0 Å². The van der Waals surface area contributed by atoms with E-state index in [4.69, 9.17) is 0 Å². The van der Waals surface area contributed by atoms with Crippen molar-refractivity contribution in [3.8, 4) is 5.69 Å². The van der Waals surface area contributed by atoms with Gasteiger partial charge >= 0.3 is 0 Å². The molecule has 4 aromatic rings. The summed E-state index contributed by atoms with van der Waals surface area (Å²) < 4.78 is 2.50. The maximum Gasteiger partial charge on any atom is 0.0544 e. The Balaban J connectivity index is 1.49. The van der Waals surface area contributed by atoms with Gasteiger partial charge in [0.1, 0.15) is 0 Å². The van der Waals surface area contributed by atoms with E-state index in [-0.39, 0.29) is 0 Å². The average Bonchev–Trinajstić information content (AvgIpc) is 3.06. The van der Waals surface area contributed by atoms with Crippen molar-refractivity contribution in [3.63, 3.8) is 0 Å². The van der Waals surface area contributed by atoms with E-state index < -0.39 is 0 Å². The number of hydrogen-bond acceptors (Lipinski definition) is 0. The molecule has 0 N–H and O–H groups in total. The van der Waals surface area contributed by atoms with E-state index in [1.165, 1.54) is 71.6 Å². The van der Waals surface area contributed by atoms with Crippen molar-refractivity contribution in [3.05, 3.63) is 77.9 Å². The van der Waals surface area contributed by atoms with Gasteiger partial charge < -0.3 is 4.57 Å². The fraction of sp³-hybridized carbons (Fsp3) is 0.379. The predicted molar refractivity (Wildman–Crippen MR) is 125 cm³/mol. The molecule has 0 saturated heterocycles. The molecule has 30 heavy (non-hydrogen) atoms. The minimum atomic E-state index is 0.441. The van der Waals surface area contributed by atoms with Gasteiger partial charge in [-0.2, -0.15) is 0 Å². The molecule has 1 aromatic heterocycles. The van der Waals surface area contributed by atoms with Crippen molar-refractivity contribution in [1.29, 1.82) is 0 Å². The number of rotatable bonds is 2. The van der Waals surface area contributed by atoms with Crippen LogP contribution in [0, 0.1) is 24.7 Å². The number of aromatic nitrogens is 1. The SMILES string of the molecule is Cc1ccc2c3ccc(C45CC6CC(CC(C6)C4)C5)cc3n(-c3ccccc3)c2c1. The lowest BCUT2D eigenvalue weighted by molar-refractivity contribution is -0.00513. The van der Waals surface area contributed by atoms with E-state index in [1.54, 1.807) is 5.56 Å². The van der Waals surface area contributed by atoms with Crippen LogP contribution in [-0.2, 0) is 5.41 Å². The van der Waals surface area contributed by atoms with Gasteiger partial charge in [-0.25, -0.2) is 0 Å². The first-order valence-electron chi connectivity index (χ1n) is 11.8. The summed E-state index contributed by atoms with van der Waals surface area (Å²) in [5, 5.41) is 2.76. The molecule has 150 valence electrons. The maximum absolute atomic E-state index is 2.57. The monoisotopic (exact) mass is 391 g/mol. The molecule has 0 unspecified atom stereocenters. The van der Waals surface area contributed by atoms with Crippen LogP contribution < -0.4 is 0 Å². The van der Waals surface area contributed by atoms with E-state index in [2.05, 4.69) is 78.2 Å². The zero-order chi connectivity index (χ0) is 19.9. The molecular formula is C29H29N. The molecule has 1 heteroatoms. The van der Waals surface area contributed by atoms with Crippen LogP contribution in [0.25, 0.3) is 27.5 Å². The lowest BCUT2D eigenvalue weighted by Crippen LogP contribution is -2.48. The summed E-state index contributed by atoms with van der Waals surface area (Å²) in [6.07, 6.45) is 8.79. The van der Waals surface area contributed by atoms with Crippen molar-refractivity contribution < 1.29 is 0 Å². The summed E-state index contributed by atoms with van der Waals surface area (Å²) >= 11 is 0. The van der Waals surface area contributed by atoms with Gasteiger partial charge in [0.05, 0.1) is 11.0 Å². The topological polar surface area (TPSA) is 4.93 Å². The summed E-state index contributed by atoms with van der Waals surface area (Å²) in [5.41, 5.74) is 7.37. The molecule has 0 radical (unpaired) electrons. The van der Waals surface area contributed by atoms with Gasteiger partial charge in [0.25, 0.3) is 0 Å². The maximum atomic E-state index is 2.57. The smallest absolute Gasteiger partial charge is 0.0544 e. The number of hydrogen-bond donors (Lipinski definition) is 0.